The van der Waals surface area contributed by atoms with Crippen molar-refractivity contribution < 1.29 is 23.8 Å². The maximum Gasteiger partial charge on any atom is 0.261 e. The number of amides is 2. The third kappa shape index (κ3) is 5.24. The molecule has 1 N–H and O–H groups in total. The second-order valence-corrected chi connectivity index (χ2v) is 7.56. The summed E-state index contributed by atoms with van der Waals surface area (Å²) in [4.78, 5) is 31.7. The number of nitrogens with zero attached hydrogens (tertiary/aromatic N) is 2. The zero-order chi connectivity index (χ0) is 20.8. The lowest BCUT2D eigenvalue weighted by Crippen LogP contribution is -2.42. The molecule has 1 aliphatic rings. The number of carbonyl (C=O) groups excluding carboxylic acids is 2. The summed E-state index contributed by atoms with van der Waals surface area (Å²) in [7, 11) is 2.99. The SMILES string of the molecule is COc1cccc(OC)c1C(=O)N(CC(=O)Nc1nc(C)cs1)CC1CCCO1. The zero-order valence-corrected chi connectivity index (χ0v) is 17.6. The summed E-state index contributed by atoms with van der Waals surface area (Å²) in [6.07, 6.45) is 1.68. The molecule has 2 aromatic rings. The minimum Gasteiger partial charge on any atom is -0.496 e. The molecule has 1 aromatic heterocycles. The third-order valence-corrected chi connectivity index (χ3v) is 5.45. The zero-order valence-electron chi connectivity index (χ0n) is 16.8. The quantitative estimate of drug-likeness (QED) is 0.708. The van der Waals surface area contributed by atoms with E-state index in [1.807, 2.05) is 12.3 Å². The Balaban J connectivity index is 1.82. The first-order chi connectivity index (χ1) is 14.0. The molecule has 2 heterocycles. The van der Waals surface area contributed by atoms with Crippen LogP contribution in [0.2, 0.25) is 0 Å². The molecule has 9 heteroatoms. The van der Waals surface area contributed by atoms with E-state index in [4.69, 9.17) is 14.2 Å². The fraction of sp³-hybridized carbons (Fsp3) is 0.450. The lowest BCUT2D eigenvalue weighted by atomic mass is 10.1. The molecule has 0 bridgehead atoms. The molecule has 3 rings (SSSR count). The molecule has 8 nitrogen and oxygen atoms in total. The third-order valence-electron chi connectivity index (χ3n) is 4.58. The molecular formula is C20H25N3O5S. The second kappa shape index (κ2) is 9.71. The van der Waals surface area contributed by atoms with E-state index >= 15 is 0 Å². The number of rotatable bonds is 8. The van der Waals surface area contributed by atoms with Crippen LogP contribution in [0.4, 0.5) is 5.13 Å². The lowest BCUT2D eigenvalue weighted by molar-refractivity contribution is -0.117. The molecule has 0 spiro atoms. The largest absolute Gasteiger partial charge is 0.496 e. The number of benzene rings is 1. The van der Waals surface area contributed by atoms with Gasteiger partial charge in [-0.3, -0.25) is 9.59 Å². The maximum absolute atomic E-state index is 13.4. The summed E-state index contributed by atoms with van der Waals surface area (Å²) in [6.45, 7) is 2.70. The molecule has 1 atom stereocenters. The van der Waals surface area contributed by atoms with Gasteiger partial charge >= 0.3 is 0 Å². The van der Waals surface area contributed by atoms with Gasteiger partial charge in [-0.2, -0.15) is 0 Å². The molecule has 29 heavy (non-hydrogen) atoms. The number of thiazole rings is 1. The van der Waals surface area contributed by atoms with E-state index in [1.54, 1.807) is 18.2 Å². The minimum absolute atomic E-state index is 0.102. The Kier molecular flexibility index (Phi) is 7.05. The number of hydrogen-bond donors (Lipinski definition) is 1. The van der Waals surface area contributed by atoms with Gasteiger partial charge < -0.3 is 24.4 Å². The van der Waals surface area contributed by atoms with E-state index < -0.39 is 0 Å². The predicted octanol–water partition coefficient (Wildman–Crippen LogP) is 2.73. The Bertz CT molecular complexity index is 841. The number of methoxy groups -OCH3 is 2. The Morgan fingerprint density at radius 3 is 2.59 bits per heavy atom. The van der Waals surface area contributed by atoms with Crippen LogP contribution in [0.5, 0.6) is 11.5 Å². The van der Waals surface area contributed by atoms with Crippen molar-refractivity contribution in [3.63, 3.8) is 0 Å². The fourth-order valence-corrected chi connectivity index (χ4v) is 3.92. The molecule has 0 radical (unpaired) electrons. The molecular weight excluding hydrogens is 394 g/mol. The van der Waals surface area contributed by atoms with Crippen LogP contribution in [0.3, 0.4) is 0 Å². The van der Waals surface area contributed by atoms with Gasteiger partial charge in [0.05, 0.1) is 26.0 Å². The Morgan fingerprint density at radius 2 is 2.03 bits per heavy atom. The van der Waals surface area contributed by atoms with E-state index in [0.29, 0.717) is 29.8 Å². The number of nitrogens with one attached hydrogen (secondary N) is 1. The number of ether oxygens (including phenoxy) is 3. The highest BCUT2D eigenvalue weighted by Gasteiger charge is 2.29. The van der Waals surface area contributed by atoms with Crippen molar-refractivity contribution in [3.8, 4) is 11.5 Å². The summed E-state index contributed by atoms with van der Waals surface area (Å²) < 4.78 is 16.4. The van der Waals surface area contributed by atoms with Crippen LogP contribution >= 0.6 is 11.3 Å². The topological polar surface area (TPSA) is 90.0 Å². The minimum atomic E-state index is -0.347. The van der Waals surface area contributed by atoms with Crippen LogP contribution in [-0.2, 0) is 9.53 Å². The average Bonchev–Trinajstić information content (AvgIpc) is 3.37. The Labute approximate surface area is 173 Å². The number of hydrogen-bond acceptors (Lipinski definition) is 7. The Hall–Kier alpha value is -2.65. The highest BCUT2D eigenvalue weighted by molar-refractivity contribution is 7.13. The molecule has 1 aliphatic heterocycles. The van der Waals surface area contributed by atoms with Crippen LogP contribution in [0.25, 0.3) is 0 Å². The van der Waals surface area contributed by atoms with Crippen molar-refractivity contribution in [1.82, 2.24) is 9.88 Å². The summed E-state index contributed by atoms with van der Waals surface area (Å²) in [5, 5.41) is 5.11. The standard InChI is InChI=1S/C20H25N3O5S/c1-13-12-29-20(21-13)22-17(24)11-23(10-14-6-5-9-28-14)19(25)18-15(26-2)7-4-8-16(18)27-3/h4,7-8,12,14H,5-6,9-11H2,1-3H3,(H,21,22,24). The molecule has 2 amide bonds. The molecule has 0 saturated carbocycles. The van der Waals surface area contributed by atoms with Crippen LogP contribution < -0.4 is 14.8 Å². The van der Waals surface area contributed by atoms with E-state index in [1.165, 1.54) is 30.5 Å². The van der Waals surface area contributed by atoms with Crippen molar-refractivity contribution in [3.05, 3.63) is 34.8 Å². The molecule has 1 fully saturated rings. The normalized spacial score (nSPS) is 15.8. The van der Waals surface area contributed by atoms with Gasteiger partial charge in [0.2, 0.25) is 5.91 Å². The maximum atomic E-state index is 13.4. The fourth-order valence-electron chi connectivity index (χ4n) is 3.22. The van der Waals surface area contributed by atoms with E-state index in [2.05, 4.69) is 10.3 Å². The number of aromatic nitrogens is 1. The van der Waals surface area contributed by atoms with Crippen molar-refractivity contribution in [2.24, 2.45) is 0 Å². The van der Waals surface area contributed by atoms with Crippen molar-refractivity contribution >= 4 is 28.3 Å². The summed E-state index contributed by atoms with van der Waals surface area (Å²) in [5.74, 6) is 0.116. The Morgan fingerprint density at radius 1 is 1.31 bits per heavy atom. The van der Waals surface area contributed by atoms with Crippen LogP contribution in [-0.4, -0.2) is 61.7 Å². The summed E-state index contributed by atoms with van der Waals surface area (Å²) >= 11 is 1.34. The number of anilines is 1. The van der Waals surface area contributed by atoms with Gasteiger partial charge in [0.25, 0.3) is 5.91 Å². The first-order valence-electron chi connectivity index (χ1n) is 9.35. The monoisotopic (exact) mass is 419 g/mol. The van der Waals surface area contributed by atoms with Gasteiger partial charge in [0, 0.05) is 18.5 Å². The van der Waals surface area contributed by atoms with Crippen molar-refractivity contribution in [2.75, 3.05) is 39.2 Å². The summed E-state index contributed by atoms with van der Waals surface area (Å²) in [6, 6.07) is 5.13. The molecule has 0 aliphatic carbocycles. The van der Waals surface area contributed by atoms with Gasteiger partial charge in [0.1, 0.15) is 23.6 Å². The molecule has 1 unspecified atom stereocenters. The van der Waals surface area contributed by atoms with Gasteiger partial charge in [0.15, 0.2) is 5.13 Å². The highest BCUT2D eigenvalue weighted by Crippen LogP contribution is 2.30. The van der Waals surface area contributed by atoms with Crippen LogP contribution in [0.15, 0.2) is 23.6 Å². The van der Waals surface area contributed by atoms with Gasteiger partial charge in [-0.25, -0.2) is 4.98 Å². The van der Waals surface area contributed by atoms with Crippen LogP contribution in [0.1, 0.15) is 28.9 Å². The lowest BCUT2D eigenvalue weighted by Gasteiger charge is -2.26. The van der Waals surface area contributed by atoms with E-state index in [0.717, 1.165) is 18.5 Å². The van der Waals surface area contributed by atoms with E-state index in [9.17, 15) is 9.59 Å². The first-order valence-corrected chi connectivity index (χ1v) is 10.2. The van der Waals surface area contributed by atoms with Crippen molar-refractivity contribution in [2.45, 2.75) is 25.9 Å². The first kappa shape index (κ1) is 21.1. The van der Waals surface area contributed by atoms with Gasteiger partial charge in [-0.05, 0) is 31.9 Å². The van der Waals surface area contributed by atoms with Gasteiger partial charge in [-0.1, -0.05) is 6.07 Å². The molecule has 1 aromatic carbocycles. The molecule has 156 valence electrons. The number of aryl methyl sites for hydroxylation is 1. The smallest absolute Gasteiger partial charge is 0.261 e. The predicted molar refractivity (Wildman–Crippen MR) is 110 cm³/mol. The highest BCUT2D eigenvalue weighted by atomic mass is 32.1. The molecule has 1 saturated heterocycles. The average molecular weight is 420 g/mol. The van der Waals surface area contributed by atoms with Crippen LogP contribution in [0, 0.1) is 6.92 Å². The van der Waals surface area contributed by atoms with Gasteiger partial charge in [-0.15, -0.1) is 11.3 Å². The summed E-state index contributed by atoms with van der Waals surface area (Å²) in [5.41, 5.74) is 1.12. The number of carbonyl (C=O) groups is 2. The van der Waals surface area contributed by atoms with E-state index in [-0.39, 0.29) is 30.0 Å². The second-order valence-electron chi connectivity index (χ2n) is 6.70. The van der Waals surface area contributed by atoms with Crippen molar-refractivity contribution in [1.29, 1.82) is 0 Å².